The van der Waals surface area contributed by atoms with Gasteiger partial charge in [-0.25, -0.2) is 0 Å². The van der Waals surface area contributed by atoms with E-state index in [1.165, 1.54) is 12.8 Å². The average Bonchev–Trinajstić information content (AvgIpc) is 3.18. The van der Waals surface area contributed by atoms with E-state index in [1.807, 2.05) is 18.7 Å². The molecule has 1 aliphatic heterocycles. The molecule has 2 fully saturated rings. The Morgan fingerprint density at radius 1 is 1.04 bits per heavy atom. The summed E-state index contributed by atoms with van der Waals surface area (Å²) in [6.07, 6.45) is 4.62. The van der Waals surface area contributed by atoms with E-state index < -0.39 is 0 Å². The van der Waals surface area contributed by atoms with E-state index in [0.717, 1.165) is 12.8 Å². The van der Waals surface area contributed by atoms with Gasteiger partial charge in [0.1, 0.15) is 0 Å². The topological polar surface area (TPSA) is 52.7 Å². The number of rotatable bonds is 5. The Balaban J connectivity index is 1.65. The van der Waals surface area contributed by atoms with E-state index in [0.29, 0.717) is 47.7 Å². The zero-order valence-electron chi connectivity index (χ0n) is 16.6. The third-order valence-electron chi connectivity index (χ3n) is 5.71. The van der Waals surface area contributed by atoms with Gasteiger partial charge in [0.25, 0.3) is 5.91 Å². The van der Waals surface area contributed by atoms with Gasteiger partial charge in [0.2, 0.25) is 5.91 Å². The molecule has 1 saturated heterocycles. The lowest BCUT2D eigenvalue weighted by Crippen LogP contribution is -2.58. The fourth-order valence-electron chi connectivity index (χ4n) is 4.34. The summed E-state index contributed by atoms with van der Waals surface area (Å²) >= 11 is 12.0. The van der Waals surface area contributed by atoms with E-state index in [4.69, 9.17) is 23.2 Å². The van der Waals surface area contributed by atoms with Crippen molar-refractivity contribution in [3.05, 3.63) is 33.8 Å². The van der Waals surface area contributed by atoms with Crippen molar-refractivity contribution >= 4 is 35.0 Å². The van der Waals surface area contributed by atoms with Crippen molar-refractivity contribution in [2.45, 2.75) is 51.6 Å². The second-order valence-electron chi connectivity index (χ2n) is 8.11. The van der Waals surface area contributed by atoms with Crippen LogP contribution in [0.15, 0.2) is 18.2 Å². The highest BCUT2D eigenvalue weighted by atomic mass is 35.5. The first kappa shape index (κ1) is 21.4. The average molecular weight is 426 g/mol. The van der Waals surface area contributed by atoms with Crippen LogP contribution in [-0.2, 0) is 4.79 Å². The Morgan fingerprint density at radius 2 is 1.68 bits per heavy atom. The Hall–Kier alpha value is -1.30. The lowest BCUT2D eigenvalue weighted by molar-refractivity contribution is -0.129. The van der Waals surface area contributed by atoms with Crippen molar-refractivity contribution in [3.63, 3.8) is 0 Å². The molecule has 7 heteroatoms. The van der Waals surface area contributed by atoms with Crippen LogP contribution in [0.2, 0.25) is 10.0 Å². The van der Waals surface area contributed by atoms with Gasteiger partial charge in [0, 0.05) is 37.8 Å². The molecule has 0 bridgehead atoms. The molecular weight excluding hydrogens is 397 g/mol. The quantitative estimate of drug-likeness (QED) is 0.779. The van der Waals surface area contributed by atoms with Crippen LogP contribution in [0, 0.1) is 5.92 Å². The van der Waals surface area contributed by atoms with Gasteiger partial charge in [-0.15, -0.1) is 0 Å². The van der Waals surface area contributed by atoms with E-state index in [1.54, 1.807) is 18.2 Å². The van der Waals surface area contributed by atoms with E-state index in [-0.39, 0.29) is 23.9 Å². The van der Waals surface area contributed by atoms with Gasteiger partial charge in [-0.1, -0.05) is 36.0 Å². The molecule has 28 heavy (non-hydrogen) atoms. The second-order valence-corrected chi connectivity index (χ2v) is 8.92. The Morgan fingerprint density at radius 3 is 2.25 bits per heavy atom. The van der Waals surface area contributed by atoms with Crippen molar-refractivity contribution in [2.24, 2.45) is 5.92 Å². The van der Waals surface area contributed by atoms with E-state index in [9.17, 15) is 9.59 Å². The van der Waals surface area contributed by atoms with Crippen LogP contribution < -0.4 is 5.32 Å². The Labute approximate surface area is 177 Å². The summed E-state index contributed by atoms with van der Waals surface area (Å²) in [5, 5.41) is 3.93. The zero-order valence-corrected chi connectivity index (χ0v) is 18.1. The molecular formula is C21H29Cl2N3O2. The van der Waals surface area contributed by atoms with Crippen LogP contribution in [0.1, 0.15) is 49.9 Å². The number of nitrogens with one attached hydrogen (secondary N) is 1. The smallest absolute Gasteiger partial charge is 0.253 e. The minimum atomic E-state index is -0.0906. The van der Waals surface area contributed by atoms with Crippen molar-refractivity contribution in [3.8, 4) is 0 Å². The lowest BCUT2D eigenvalue weighted by atomic mass is 9.94. The number of amides is 2. The highest BCUT2D eigenvalue weighted by Crippen LogP contribution is 2.31. The van der Waals surface area contributed by atoms with Crippen molar-refractivity contribution in [1.29, 1.82) is 0 Å². The third-order valence-corrected chi connectivity index (χ3v) is 6.45. The number of carbonyl (C=O) groups excluding carboxylic acids is 2. The molecule has 0 spiro atoms. The fourth-order valence-corrected chi connectivity index (χ4v) is 4.63. The molecule has 1 heterocycles. The molecule has 5 nitrogen and oxygen atoms in total. The molecule has 2 aliphatic rings. The van der Waals surface area contributed by atoms with Gasteiger partial charge in [-0.05, 0) is 50.8 Å². The van der Waals surface area contributed by atoms with Gasteiger partial charge < -0.3 is 10.2 Å². The molecule has 3 rings (SSSR count). The number of carbonyl (C=O) groups is 2. The first-order valence-corrected chi connectivity index (χ1v) is 10.9. The predicted octanol–water partition coefficient (Wildman–Crippen LogP) is 3.83. The molecule has 1 aromatic carbocycles. The second kappa shape index (κ2) is 9.47. The molecule has 2 amide bonds. The number of hydrogen-bond acceptors (Lipinski definition) is 3. The number of piperazine rings is 1. The summed E-state index contributed by atoms with van der Waals surface area (Å²) in [6.45, 7) is 6.63. The Bertz CT molecular complexity index is 712. The highest BCUT2D eigenvalue weighted by Gasteiger charge is 2.37. The molecule has 0 radical (unpaired) electrons. The fraction of sp³-hybridized carbons (Fsp3) is 0.619. The monoisotopic (exact) mass is 425 g/mol. The van der Waals surface area contributed by atoms with Crippen LogP contribution in [0.3, 0.4) is 0 Å². The molecule has 0 unspecified atom stereocenters. The molecule has 0 aromatic heterocycles. The van der Waals surface area contributed by atoms with Crippen LogP contribution >= 0.6 is 23.2 Å². The first-order chi connectivity index (χ1) is 13.4. The van der Waals surface area contributed by atoms with Crippen LogP contribution in [0.5, 0.6) is 0 Å². The van der Waals surface area contributed by atoms with Gasteiger partial charge >= 0.3 is 0 Å². The van der Waals surface area contributed by atoms with Gasteiger partial charge in [-0.2, -0.15) is 0 Å². The maximum absolute atomic E-state index is 12.9. The molecule has 1 aliphatic carbocycles. The SMILES string of the molecule is CC(C)NC(=O)[C@@H](C1CCCC1)N1CCN(C(=O)c2ccc(Cl)c(Cl)c2)CC1. The minimum absolute atomic E-state index is 0.0396. The van der Waals surface area contributed by atoms with Gasteiger partial charge in [-0.3, -0.25) is 14.5 Å². The molecule has 1 N–H and O–H groups in total. The van der Waals surface area contributed by atoms with Crippen molar-refractivity contribution < 1.29 is 9.59 Å². The summed E-state index contributed by atoms with van der Waals surface area (Å²) in [4.78, 5) is 29.8. The predicted molar refractivity (Wildman–Crippen MR) is 113 cm³/mol. The first-order valence-electron chi connectivity index (χ1n) is 10.2. The maximum atomic E-state index is 12.9. The van der Waals surface area contributed by atoms with Gasteiger partial charge in [0.15, 0.2) is 0 Å². The van der Waals surface area contributed by atoms with Crippen LogP contribution in [-0.4, -0.2) is 59.9 Å². The number of halogens is 2. The standard InChI is InChI=1S/C21H29Cl2N3O2/c1-14(2)24-20(27)19(15-5-3-4-6-15)25-9-11-26(12-10-25)21(28)16-7-8-17(22)18(23)13-16/h7-8,13-15,19H,3-6,9-12H2,1-2H3,(H,24,27)/t19-/m1/s1. The zero-order chi connectivity index (χ0) is 20.3. The largest absolute Gasteiger partial charge is 0.353 e. The van der Waals surface area contributed by atoms with Gasteiger partial charge in [0.05, 0.1) is 16.1 Å². The van der Waals surface area contributed by atoms with Crippen LogP contribution in [0.25, 0.3) is 0 Å². The van der Waals surface area contributed by atoms with E-state index >= 15 is 0 Å². The number of nitrogens with zero attached hydrogens (tertiary/aromatic N) is 2. The van der Waals surface area contributed by atoms with E-state index in [2.05, 4.69) is 10.2 Å². The third kappa shape index (κ3) is 5.00. The number of benzene rings is 1. The number of hydrogen-bond donors (Lipinski definition) is 1. The summed E-state index contributed by atoms with van der Waals surface area (Å²) in [5.41, 5.74) is 0.549. The maximum Gasteiger partial charge on any atom is 0.253 e. The molecule has 1 aromatic rings. The summed E-state index contributed by atoms with van der Waals surface area (Å²) in [5.74, 6) is 0.504. The van der Waals surface area contributed by atoms with Crippen LogP contribution in [0.4, 0.5) is 0 Å². The van der Waals surface area contributed by atoms with Crippen molar-refractivity contribution in [2.75, 3.05) is 26.2 Å². The minimum Gasteiger partial charge on any atom is -0.353 e. The molecule has 1 saturated carbocycles. The normalized spacial score (nSPS) is 19.8. The summed E-state index contributed by atoms with van der Waals surface area (Å²) in [6, 6.07) is 5.02. The highest BCUT2D eigenvalue weighted by molar-refractivity contribution is 6.42. The molecule has 154 valence electrons. The Kier molecular flexibility index (Phi) is 7.24. The van der Waals surface area contributed by atoms with Crippen molar-refractivity contribution in [1.82, 2.24) is 15.1 Å². The molecule has 1 atom stereocenters. The summed E-state index contributed by atoms with van der Waals surface area (Å²) in [7, 11) is 0. The lowest BCUT2D eigenvalue weighted by Gasteiger charge is -2.41. The summed E-state index contributed by atoms with van der Waals surface area (Å²) < 4.78 is 0.